The van der Waals surface area contributed by atoms with Crippen molar-refractivity contribution in [3.05, 3.63) is 54.6 Å². The van der Waals surface area contributed by atoms with Gasteiger partial charge < -0.3 is 5.32 Å². The molecule has 0 unspecified atom stereocenters. The van der Waals surface area contributed by atoms with Crippen LogP contribution in [0.2, 0.25) is 0 Å². The molecule has 3 rings (SSSR count). The standard InChI is InChI=1S/C19H21N5OS/c1-13(2)17(19(25)20-15-9-11-16(26-3)12-10-15)24-22-18(21-23-24)14-7-5-4-6-8-14/h4-13,17H,1-3H3,(H,20,25)/t17-/m1/s1. The number of hydrogen-bond acceptors (Lipinski definition) is 5. The Labute approximate surface area is 157 Å². The summed E-state index contributed by atoms with van der Waals surface area (Å²) in [5.74, 6) is 0.362. The predicted octanol–water partition coefficient (Wildman–Crippen LogP) is 3.90. The van der Waals surface area contributed by atoms with Crippen LogP contribution in [0.25, 0.3) is 11.4 Å². The Morgan fingerprint density at radius 1 is 1.08 bits per heavy atom. The zero-order valence-corrected chi connectivity index (χ0v) is 15.8. The Morgan fingerprint density at radius 3 is 2.38 bits per heavy atom. The predicted molar refractivity (Wildman–Crippen MR) is 104 cm³/mol. The molecule has 3 aromatic rings. The normalized spacial score (nSPS) is 12.2. The van der Waals surface area contributed by atoms with Crippen molar-refractivity contribution in [3.8, 4) is 11.4 Å². The van der Waals surface area contributed by atoms with Crippen LogP contribution in [0.1, 0.15) is 19.9 Å². The first kappa shape index (κ1) is 18.1. The zero-order chi connectivity index (χ0) is 18.5. The van der Waals surface area contributed by atoms with Crippen LogP contribution in [0.4, 0.5) is 5.69 Å². The third-order valence-corrected chi connectivity index (χ3v) is 4.71. The maximum Gasteiger partial charge on any atom is 0.251 e. The van der Waals surface area contributed by atoms with E-state index in [4.69, 9.17) is 0 Å². The molecule has 26 heavy (non-hydrogen) atoms. The van der Waals surface area contributed by atoms with Gasteiger partial charge in [-0.25, -0.2) is 0 Å². The van der Waals surface area contributed by atoms with E-state index < -0.39 is 6.04 Å². The van der Waals surface area contributed by atoms with Gasteiger partial charge >= 0.3 is 0 Å². The van der Waals surface area contributed by atoms with Gasteiger partial charge in [0, 0.05) is 16.1 Å². The molecule has 0 fully saturated rings. The number of benzene rings is 2. The van der Waals surface area contributed by atoms with Crippen molar-refractivity contribution in [2.45, 2.75) is 24.8 Å². The molecule has 0 aliphatic carbocycles. The third kappa shape index (κ3) is 4.11. The van der Waals surface area contributed by atoms with Crippen LogP contribution in [0.5, 0.6) is 0 Å². The number of thioether (sulfide) groups is 1. The first-order chi connectivity index (χ1) is 12.6. The topological polar surface area (TPSA) is 72.7 Å². The van der Waals surface area contributed by atoms with E-state index >= 15 is 0 Å². The Kier molecular flexibility index (Phi) is 5.68. The molecule has 0 saturated heterocycles. The monoisotopic (exact) mass is 367 g/mol. The number of carbonyl (C=O) groups excluding carboxylic acids is 1. The number of amides is 1. The summed E-state index contributed by atoms with van der Waals surface area (Å²) in [7, 11) is 0. The fraction of sp³-hybridized carbons (Fsp3) is 0.263. The van der Waals surface area contributed by atoms with Gasteiger partial charge in [-0.1, -0.05) is 44.2 Å². The van der Waals surface area contributed by atoms with Gasteiger partial charge in [0.1, 0.15) is 0 Å². The summed E-state index contributed by atoms with van der Waals surface area (Å²) in [5, 5.41) is 15.6. The van der Waals surface area contributed by atoms with E-state index in [9.17, 15) is 4.79 Å². The SMILES string of the molecule is CSc1ccc(NC(=O)[C@@H](C(C)C)n2nnc(-c3ccccc3)n2)cc1. The molecule has 0 saturated carbocycles. The number of hydrogen-bond donors (Lipinski definition) is 1. The Hall–Kier alpha value is -2.67. The van der Waals surface area contributed by atoms with E-state index in [-0.39, 0.29) is 11.8 Å². The van der Waals surface area contributed by atoms with Crippen molar-refractivity contribution < 1.29 is 4.79 Å². The van der Waals surface area contributed by atoms with Crippen LogP contribution in [0.3, 0.4) is 0 Å². The molecule has 1 amide bonds. The first-order valence-electron chi connectivity index (χ1n) is 8.38. The highest BCUT2D eigenvalue weighted by molar-refractivity contribution is 7.98. The number of aromatic nitrogens is 4. The van der Waals surface area contributed by atoms with E-state index in [1.165, 1.54) is 4.80 Å². The number of anilines is 1. The highest BCUT2D eigenvalue weighted by Crippen LogP contribution is 2.22. The smallest absolute Gasteiger partial charge is 0.251 e. The van der Waals surface area contributed by atoms with Crippen molar-refractivity contribution in [2.24, 2.45) is 5.92 Å². The van der Waals surface area contributed by atoms with E-state index in [2.05, 4.69) is 20.7 Å². The molecule has 0 aliphatic rings. The summed E-state index contributed by atoms with van der Waals surface area (Å²) < 4.78 is 0. The fourth-order valence-corrected chi connectivity index (χ4v) is 3.02. The second-order valence-corrected chi connectivity index (χ2v) is 7.09. The lowest BCUT2D eigenvalue weighted by molar-refractivity contribution is -0.121. The van der Waals surface area contributed by atoms with E-state index in [0.717, 1.165) is 16.1 Å². The molecular weight excluding hydrogens is 346 g/mol. The summed E-state index contributed by atoms with van der Waals surface area (Å²) >= 11 is 1.66. The van der Waals surface area contributed by atoms with Gasteiger partial charge in [0.15, 0.2) is 6.04 Å². The Bertz CT molecular complexity index is 861. The molecule has 7 heteroatoms. The van der Waals surface area contributed by atoms with Gasteiger partial charge in [0.05, 0.1) is 0 Å². The number of nitrogens with one attached hydrogen (secondary N) is 1. The van der Waals surface area contributed by atoms with Gasteiger partial charge in [-0.05, 0) is 41.7 Å². The van der Waals surface area contributed by atoms with Crippen LogP contribution in [-0.2, 0) is 4.79 Å². The summed E-state index contributed by atoms with van der Waals surface area (Å²) in [4.78, 5) is 15.4. The molecule has 6 nitrogen and oxygen atoms in total. The van der Waals surface area contributed by atoms with Crippen molar-refractivity contribution >= 4 is 23.4 Å². The molecule has 0 bridgehead atoms. The maximum absolute atomic E-state index is 12.8. The van der Waals surface area contributed by atoms with Gasteiger partial charge in [-0.3, -0.25) is 4.79 Å². The first-order valence-corrected chi connectivity index (χ1v) is 9.61. The Morgan fingerprint density at radius 2 is 1.77 bits per heavy atom. The highest BCUT2D eigenvalue weighted by atomic mass is 32.2. The molecule has 1 aromatic heterocycles. The van der Waals surface area contributed by atoms with Gasteiger partial charge in [-0.15, -0.1) is 22.0 Å². The average Bonchev–Trinajstić information content (AvgIpc) is 3.12. The molecule has 0 radical (unpaired) electrons. The quantitative estimate of drug-likeness (QED) is 0.669. The number of carbonyl (C=O) groups is 1. The Balaban J connectivity index is 1.80. The average molecular weight is 367 g/mol. The molecule has 2 aromatic carbocycles. The summed E-state index contributed by atoms with van der Waals surface area (Å²) in [6.07, 6.45) is 2.02. The molecule has 134 valence electrons. The minimum absolute atomic E-state index is 0.0123. The molecule has 1 heterocycles. The molecule has 0 spiro atoms. The minimum Gasteiger partial charge on any atom is -0.324 e. The van der Waals surface area contributed by atoms with Crippen molar-refractivity contribution in [1.82, 2.24) is 20.2 Å². The van der Waals surface area contributed by atoms with Crippen LogP contribution in [-0.4, -0.2) is 32.4 Å². The molecular formula is C19H21N5OS. The fourth-order valence-electron chi connectivity index (χ4n) is 2.61. The lowest BCUT2D eigenvalue weighted by atomic mass is 10.0. The third-order valence-electron chi connectivity index (χ3n) is 3.97. The van der Waals surface area contributed by atoms with Crippen LogP contribution in [0.15, 0.2) is 59.5 Å². The minimum atomic E-state index is -0.541. The van der Waals surface area contributed by atoms with E-state index in [0.29, 0.717) is 5.82 Å². The number of rotatable bonds is 6. The van der Waals surface area contributed by atoms with E-state index in [1.54, 1.807) is 11.8 Å². The molecule has 1 atom stereocenters. The molecule has 1 N–H and O–H groups in total. The maximum atomic E-state index is 12.8. The van der Waals surface area contributed by atoms with Gasteiger partial charge in [0.25, 0.3) is 5.91 Å². The number of nitrogens with zero attached hydrogens (tertiary/aromatic N) is 4. The van der Waals surface area contributed by atoms with Gasteiger partial charge in [-0.2, -0.15) is 4.80 Å². The summed E-state index contributed by atoms with van der Waals surface area (Å²) in [6.45, 7) is 3.93. The summed E-state index contributed by atoms with van der Waals surface area (Å²) in [6, 6.07) is 16.8. The van der Waals surface area contributed by atoms with Crippen molar-refractivity contribution in [3.63, 3.8) is 0 Å². The number of tetrazole rings is 1. The van der Waals surface area contributed by atoms with Crippen LogP contribution >= 0.6 is 11.8 Å². The van der Waals surface area contributed by atoms with E-state index in [1.807, 2.05) is 74.7 Å². The summed E-state index contributed by atoms with van der Waals surface area (Å²) in [5.41, 5.74) is 1.62. The van der Waals surface area contributed by atoms with Crippen LogP contribution < -0.4 is 5.32 Å². The van der Waals surface area contributed by atoms with Crippen LogP contribution in [0, 0.1) is 5.92 Å². The van der Waals surface area contributed by atoms with Crippen molar-refractivity contribution in [1.29, 1.82) is 0 Å². The second kappa shape index (κ2) is 8.14. The lowest BCUT2D eigenvalue weighted by Gasteiger charge is -2.18. The lowest BCUT2D eigenvalue weighted by Crippen LogP contribution is -2.31. The highest BCUT2D eigenvalue weighted by Gasteiger charge is 2.27. The zero-order valence-electron chi connectivity index (χ0n) is 15.0. The van der Waals surface area contributed by atoms with Crippen molar-refractivity contribution in [2.75, 3.05) is 11.6 Å². The largest absolute Gasteiger partial charge is 0.324 e. The van der Waals surface area contributed by atoms with Gasteiger partial charge in [0.2, 0.25) is 5.82 Å². The molecule has 0 aliphatic heterocycles. The second-order valence-electron chi connectivity index (χ2n) is 6.21.